The predicted molar refractivity (Wildman–Crippen MR) is 93.2 cm³/mol. The van der Waals surface area contributed by atoms with E-state index in [9.17, 15) is 4.79 Å². The molecule has 0 aliphatic carbocycles. The highest BCUT2D eigenvalue weighted by Crippen LogP contribution is 2.26. The van der Waals surface area contributed by atoms with Crippen LogP contribution in [0.3, 0.4) is 0 Å². The van der Waals surface area contributed by atoms with Crippen molar-refractivity contribution in [1.29, 1.82) is 0 Å². The zero-order valence-electron chi connectivity index (χ0n) is 12.9. The highest BCUT2D eigenvalue weighted by Gasteiger charge is 2.15. The molecule has 0 atom stereocenters. The summed E-state index contributed by atoms with van der Waals surface area (Å²) in [5, 5.41) is 5.79. The lowest BCUT2D eigenvalue weighted by molar-refractivity contribution is 0.102. The highest BCUT2D eigenvalue weighted by molar-refractivity contribution is 7.13. The second-order valence-corrected chi connectivity index (χ2v) is 6.48. The number of nitrogens with zero attached hydrogens (tertiary/aromatic N) is 3. The Morgan fingerprint density at radius 2 is 2.13 bits per heavy atom. The van der Waals surface area contributed by atoms with Crippen molar-refractivity contribution >= 4 is 34.5 Å². The number of amides is 1. The zero-order chi connectivity index (χ0) is 16.6. The van der Waals surface area contributed by atoms with E-state index in [1.54, 1.807) is 17.6 Å². The van der Waals surface area contributed by atoms with Gasteiger partial charge in [0.15, 0.2) is 0 Å². The zero-order valence-corrected chi connectivity index (χ0v) is 14.5. The number of hydrogen-bond donors (Lipinski definition) is 1. The van der Waals surface area contributed by atoms with Gasteiger partial charge in [-0.3, -0.25) is 4.79 Å². The molecule has 3 rings (SSSR count). The van der Waals surface area contributed by atoms with E-state index in [2.05, 4.69) is 15.3 Å². The first kappa shape index (κ1) is 15.7. The maximum absolute atomic E-state index is 12.4. The summed E-state index contributed by atoms with van der Waals surface area (Å²) in [6.45, 7) is 3.89. The van der Waals surface area contributed by atoms with Crippen LogP contribution in [0.15, 0.2) is 29.8 Å². The fraction of sp³-hybridized carbons (Fsp3) is 0.188. The SMILES string of the molecule is Cc1cc(Cl)ncc1NC(=O)c1csc(-c2ccc(C)n2C)n1. The van der Waals surface area contributed by atoms with Crippen LogP contribution >= 0.6 is 22.9 Å². The number of aromatic nitrogens is 3. The minimum Gasteiger partial charge on any atom is -0.346 e. The monoisotopic (exact) mass is 346 g/mol. The van der Waals surface area contributed by atoms with Gasteiger partial charge in [-0.2, -0.15) is 0 Å². The number of carbonyl (C=O) groups is 1. The largest absolute Gasteiger partial charge is 0.346 e. The molecule has 0 aliphatic heterocycles. The maximum Gasteiger partial charge on any atom is 0.275 e. The van der Waals surface area contributed by atoms with Crippen molar-refractivity contribution in [2.45, 2.75) is 13.8 Å². The molecule has 0 saturated carbocycles. The lowest BCUT2D eigenvalue weighted by Gasteiger charge is -2.06. The molecule has 0 radical (unpaired) electrons. The molecule has 0 unspecified atom stereocenters. The molecule has 5 nitrogen and oxygen atoms in total. The molecule has 0 spiro atoms. The molecule has 3 heterocycles. The molecule has 1 amide bonds. The van der Waals surface area contributed by atoms with Crippen LogP contribution in [-0.2, 0) is 7.05 Å². The number of hydrogen-bond acceptors (Lipinski definition) is 4. The Kier molecular flexibility index (Phi) is 4.19. The number of pyridine rings is 1. The van der Waals surface area contributed by atoms with Gasteiger partial charge >= 0.3 is 0 Å². The van der Waals surface area contributed by atoms with Gasteiger partial charge in [0.2, 0.25) is 0 Å². The van der Waals surface area contributed by atoms with E-state index in [-0.39, 0.29) is 5.91 Å². The molecule has 0 bridgehead atoms. The first-order valence-corrected chi connectivity index (χ1v) is 8.23. The second-order valence-electron chi connectivity index (χ2n) is 5.23. The average molecular weight is 347 g/mol. The van der Waals surface area contributed by atoms with E-state index >= 15 is 0 Å². The third-order valence-electron chi connectivity index (χ3n) is 3.65. The van der Waals surface area contributed by atoms with E-state index in [1.807, 2.05) is 37.6 Å². The summed E-state index contributed by atoms with van der Waals surface area (Å²) in [5.74, 6) is -0.259. The summed E-state index contributed by atoms with van der Waals surface area (Å²) in [6, 6.07) is 5.73. The number of nitrogens with one attached hydrogen (secondary N) is 1. The summed E-state index contributed by atoms with van der Waals surface area (Å²) < 4.78 is 2.05. The fourth-order valence-corrected chi connectivity index (χ4v) is 3.23. The molecule has 7 heteroatoms. The quantitative estimate of drug-likeness (QED) is 0.727. The minimum atomic E-state index is -0.259. The molecule has 0 aromatic carbocycles. The number of carbonyl (C=O) groups excluding carboxylic acids is 1. The summed E-state index contributed by atoms with van der Waals surface area (Å²) in [4.78, 5) is 20.8. The molecule has 118 valence electrons. The molecule has 0 saturated heterocycles. The van der Waals surface area contributed by atoms with Gasteiger partial charge in [-0.05, 0) is 37.6 Å². The smallest absolute Gasteiger partial charge is 0.275 e. The summed E-state index contributed by atoms with van der Waals surface area (Å²) in [6.07, 6.45) is 1.55. The van der Waals surface area contributed by atoms with Gasteiger partial charge in [-0.15, -0.1) is 11.3 Å². The number of halogens is 1. The van der Waals surface area contributed by atoms with Gasteiger partial charge in [-0.1, -0.05) is 11.6 Å². The number of rotatable bonds is 3. The molecule has 3 aromatic heterocycles. The summed E-state index contributed by atoms with van der Waals surface area (Å²) >= 11 is 7.27. The van der Waals surface area contributed by atoms with Crippen LogP contribution in [0.2, 0.25) is 5.15 Å². The molecule has 1 N–H and O–H groups in total. The van der Waals surface area contributed by atoms with Crippen molar-refractivity contribution in [2.75, 3.05) is 5.32 Å². The molecular weight excluding hydrogens is 332 g/mol. The van der Waals surface area contributed by atoms with Gasteiger partial charge in [0.05, 0.1) is 17.6 Å². The fourth-order valence-electron chi connectivity index (χ4n) is 2.16. The van der Waals surface area contributed by atoms with Gasteiger partial charge in [0.25, 0.3) is 5.91 Å². The molecule has 0 aliphatic rings. The van der Waals surface area contributed by atoms with E-state index in [4.69, 9.17) is 11.6 Å². The molecule has 23 heavy (non-hydrogen) atoms. The van der Waals surface area contributed by atoms with Crippen molar-refractivity contribution in [3.8, 4) is 10.7 Å². The van der Waals surface area contributed by atoms with E-state index < -0.39 is 0 Å². The average Bonchev–Trinajstić information content (AvgIpc) is 3.10. The van der Waals surface area contributed by atoms with Crippen LogP contribution in [0, 0.1) is 13.8 Å². The molecule has 0 fully saturated rings. The number of aryl methyl sites for hydroxylation is 2. The Labute approximate surface area is 143 Å². The summed E-state index contributed by atoms with van der Waals surface area (Å²) in [5.41, 5.74) is 4.01. The lowest BCUT2D eigenvalue weighted by Crippen LogP contribution is -2.13. The van der Waals surface area contributed by atoms with Crippen molar-refractivity contribution in [1.82, 2.24) is 14.5 Å². The maximum atomic E-state index is 12.4. The van der Waals surface area contributed by atoms with Crippen molar-refractivity contribution in [3.05, 3.63) is 51.9 Å². The Morgan fingerprint density at radius 3 is 2.78 bits per heavy atom. The van der Waals surface area contributed by atoms with Crippen LogP contribution in [-0.4, -0.2) is 20.4 Å². The third-order valence-corrected chi connectivity index (χ3v) is 4.73. The Hall–Kier alpha value is -2.18. The van der Waals surface area contributed by atoms with Gasteiger partial charge in [-0.25, -0.2) is 9.97 Å². The first-order chi connectivity index (χ1) is 11.0. The predicted octanol–water partition coefficient (Wildman–Crippen LogP) is 4.07. The lowest BCUT2D eigenvalue weighted by atomic mass is 10.2. The topological polar surface area (TPSA) is 59.8 Å². The standard InChI is InChI=1S/C16H15ClN4OS/c1-9-6-14(17)18-7-11(9)19-15(22)12-8-23-16(20-12)13-5-4-10(2)21(13)3/h4-8H,1-3H3,(H,19,22). The number of thiazole rings is 1. The van der Waals surface area contributed by atoms with Crippen molar-refractivity contribution < 1.29 is 4.79 Å². The van der Waals surface area contributed by atoms with Gasteiger partial charge in [0, 0.05) is 18.1 Å². The van der Waals surface area contributed by atoms with Gasteiger partial charge in [0.1, 0.15) is 15.9 Å². The van der Waals surface area contributed by atoms with Gasteiger partial charge < -0.3 is 9.88 Å². The molecular formula is C16H15ClN4OS. The van der Waals surface area contributed by atoms with Crippen LogP contribution < -0.4 is 5.32 Å². The van der Waals surface area contributed by atoms with Crippen LogP contribution in [0.1, 0.15) is 21.7 Å². The van der Waals surface area contributed by atoms with Crippen LogP contribution in [0.4, 0.5) is 5.69 Å². The van der Waals surface area contributed by atoms with E-state index in [0.717, 1.165) is 22.0 Å². The molecule has 3 aromatic rings. The first-order valence-electron chi connectivity index (χ1n) is 6.97. The summed E-state index contributed by atoms with van der Waals surface area (Å²) in [7, 11) is 1.98. The second kappa shape index (κ2) is 6.14. The highest BCUT2D eigenvalue weighted by atomic mass is 35.5. The van der Waals surface area contributed by atoms with Crippen molar-refractivity contribution in [2.24, 2.45) is 7.05 Å². The van der Waals surface area contributed by atoms with Crippen molar-refractivity contribution in [3.63, 3.8) is 0 Å². The Morgan fingerprint density at radius 1 is 1.35 bits per heavy atom. The third kappa shape index (κ3) is 3.13. The Bertz CT molecular complexity index is 884. The normalized spacial score (nSPS) is 10.8. The Balaban J connectivity index is 1.82. The van der Waals surface area contributed by atoms with E-state index in [0.29, 0.717) is 16.5 Å². The minimum absolute atomic E-state index is 0.259. The van der Waals surface area contributed by atoms with E-state index in [1.165, 1.54) is 11.3 Å². The van der Waals surface area contributed by atoms with Crippen LogP contribution in [0.5, 0.6) is 0 Å². The number of anilines is 1. The van der Waals surface area contributed by atoms with Crippen LogP contribution in [0.25, 0.3) is 10.7 Å².